The maximum atomic E-state index is 14.2. The van der Waals surface area contributed by atoms with Gasteiger partial charge in [-0.05, 0) is 24.6 Å². The van der Waals surface area contributed by atoms with Crippen LogP contribution in [0.2, 0.25) is 0 Å². The van der Waals surface area contributed by atoms with E-state index in [0.29, 0.717) is 37.2 Å². The maximum absolute atomic E-state index is 14.2. The first kappa shape index (κ1) is 16.8. The lowest BCUT2D eigenvalue weighted by molar-refractivity contribution is 0.0770. The predicted octanol–water partition coefficient (Wildman–Crippen LogP) is 3.08. The van der Waals surface area contributed by atoms with Crippen molar-refractivity contribution in [3.63, 3.8) is 0 Å². The number of likely N-dealkylation sites (tertiary alicyclic amines) is 1. The molecule has 0 radical (unpaired) electrons. The topological polar surface area (TPSA) is 68.2 Å². The van der Waals surface area contributed by atoms with Crippen molar-refractivity contribution in [3.05, 3.63) is 47.1 Å². The molecule has 3 heterocycles. The van der Waals surface area contributed by atoms with Gasteiger partial charge in [0.2, 0.25) is 5.82 Å². The Morgan fingerprint density at radius 3 is 3.12 bits per heavy atom. The third-order valence-electron chi connectivity index (χ3n) is 4.45. The Kier molecular flexibility index (Phi) is 4.50. The lowest BCUT2D eigenvalue weighted by atomic mass is 10.2. The zero-order chi connectivity index (χ0) is 18.1. The van der Waals surface area contributed by atoms with Gasteiger partial charge in [-0.3, -0.25) is 4.79 Å². The van der Waals surface area contributed by atoms with E-state index in [4.69, 9.17) is 4.74 Å². The molecule has 1 aliphatic heterocycles. The molecule has 0 spiro atoms. The van der Waals surface area contributed by atoms with E-state index < -0.39 is 5.82 Å². The van der Waals surface area contributed by atoms with E-state index in [1.54, 1.807) is 16.5 Å². The summed E-state index contributed by atoms with van der Waals surface area (Å²) in [6.45, 7) is 2.80. The first-order valence-electron chi connectivity index (χ1n) is 8.44. The molecule has 2 aromatic heterocycles. The van der Waals surface area contributed by atoms with E-state index in [1.807, 2.05) is 19.1 Å². The third-order valence-corrected chi connectivity index (χ3v) is 5.25. The number of aryl methyl sites for hydroxylation is 1. The summed E-state index contributed by atoms with van der Waals surface area (Å²) in [4.78, 5) is 26.5. The number of halogens is 1. The molecule has 0 unspecified atom stereocenters. The second-order valence-corrected chi connectivity index (χ2v) is 6.99. The number of amides is 1. The fourth-order valence-corrected chi connectivity index (χ4v) is 3.77. The van der Waals surface area contributed by atoms with E-state index in [0.717, 1.165) is 10.2 Å². The van der Waals surface area contributed by atoms with Crippen LogP contribution in [0.1, 0.15) is 29.4 Å². The number of fused-ring (bicyclic) bond motifs is 1. The highest BCUT2D eigenvalue weighted by atomic mass is 32.1. The average Bonchev–Trinajstić information content (AvgIpc) is 3.31. The number of hydrogen-bond donors (Lipinski definition) is 0. The van der Waals surface area contributed by atoms with Gasteiger partial charge in [-0.2, -0.15) is 9.37 Å². The molecule has 26 heavy (non-hydrogen) atoms. The van der Waals surface area contributed by atoms with E-state index in [2.05, 4.69) is 15.0 Å². The van der Waals surface area contributed by atoms with Gasteiger partial charge in [0.1, 0.15) is 12.4 Å². The highest BCUT2D eigenvalue weighted by Gasteiger charge is 2.29. The van der Waals surface area contributed by atoms with Gasteiger partial charge in [0.15, 0.2) is 0 Å². The first-order valence-corrected chi connectivity index (χ1v) is 9.32. The van der Waals surface area contributed by atoms with Crippen LogP contribution in [0.4, 0.5) is 4.39 Å². The zero-order valence-electron chi connectivity index (χ0n) is 14.2. The third kappa shape index (κ3) is 3.12. The minimum absolute atomic E-state index is 0.0396. The van der Waals surface area contributed by atoms with Crippen molar-refractivity contribution < 1.29 is 13.9 Å². The molecular formula is C18H17FN4O2S. The number of benzene rings is 1. The first-order chi connectivity index (χ1) is 12.7. The quantitative estimate of drug-likeness (QED) is 0.704. The summed E-state index contributed by atoms with van der Waals surface area (Å²) in [7, 11) is 0. The fraction of sp³-hybridized carbons (Fsp3) is 0.333. The van der Waals surface area contributed by atoms with Crippen molar-refractivity contribution in [1.82, 2.24) is 19.9 Å². The molecule has 0 aliphatic carbocycles. The summed E-state index contributed by atoms with van der Waals surface area (Å²) >= 11 is 1.51. The number of rotatable bonds is 4. The van der Waals surface area contributed by atoms with Gasteiger partial charge in [0.25, 0.3) is 11.8 Å². The molecule has 0 bridgehead atoms. The number of ether oxygens (including phenoxy) is 1. The molecule has 1 fully saturated rings. The van der Waals surface area contributed by atoms with Crippen LogP contribution in [0.3, 0.4) is 0 Å². The van der Waals surface area contributed by atoms with Crippen LogP contribution in [0.25, 0.3) is 10.2 Å². The van der Waals surface area contributed by atoms with Gasteiger partial charge in [0.05, 0.1) is 28.0 Å². The summed E-state index contributed by atoms with van der Waals surface area (Å²) in [5.74, 6) is -0.610. The Balaban J connectivity index is 1.45. The average molecular weight is 372 g/mol. The number of carbonyl (C=O) groups is 1. The monoisotopic (exact) mass is 372 g/mol. The van der Waals surface area contributed by atoms with Crippen LogP contribution in [0, 0.1) is 5.82 Å². The Morgan fingerprint density at radius 2 is 2.27 bits per heavy atom. The van der Waals surface area contributed by atoms with Crippen LogP contribution in [-0.2, 0) is 6.42 Å². The number of aromatic nitrogens is 3. The van der Waals surface area contributed by atoms with Crippen LogP contribution >= 0.6 is 11.3 Å². The summed E-state index contributed by atoms with van der Waals surface area (Å²) in [5, 5.41) is 0. The fourth-order valence-electron chi connectivity index (χ4n) is 3.05. The van der Waals surface area contributed by atoms with E-state index >= 15 is 0 Å². The molecule has 1 aromatic carbocycles. The lowest BCUT2D eigenvalue weighted by Gasteiger charge is -2.17. The van der Waals surface area contributed by atoms with Crippen molar-refractivity contribution in [1.29, 1.82) is 0 Å². The SMILES string of the molecule is CCc1ncnc(O[C@H]2CCN(C(=O)c3ccc4ncsc4c3)C2)c1F. The van der Waals surface area contributed by atoms with E-state index in [-0.39, 0.29) is 17.9 Å². The standard InChI is InChI=1S/C18H17FN4O2S/c1-2-13-16(19)17(21-9-20-13)25-12-5-6-23(8-12)18(24)11-3-4-14-15(7-11)26-10-22-14/h3-4,7,9-10,12H,2,5-6,8H2,1H3/t12-/m0/s1. The zero-order valence-corrected chi connectivity index (χ0v) is 15.0. The second kappa shape index (κ2) is 6.95. The van der Waals surface area contributed by atoms with Gasteiger partial charge in [-0.1, -0.05) is 6.92 Å². The smallest absolute Gasteiger partial charge is 0.254 e. The number of carbonyl (C=O) groups excluding carboxylic acids is 1. The van der Waals surface area contributed by atoms with Gasteiger partial charge in [-0.15, -0.1) is 11.3 Å². The number of hydrogen-bond acceptors (Lipinski definition) is 6. The highest BCUT2D eigenvalue weighted by Crippen LogP contribution is 2.24. The number of thiazole rings is 1. The molecule has 8 heteroatoms. The van der Waals surface area contributed by atoms with Crippen molar-refractivity contribution in [2.24, 2.45) is 0 Å². The molecule has 3 aromatic rings. The Labute approximate surface area is 153 Å². The van der Waals surface area contributed by atoms with Gasteiger partial charge < -0.3 is 9.64 Å². The summed E-state index contributed by atoms with van der Waals surface area (Å²) < 4.78 is 20.9. The minimum atomic E-state index is -0.518. The van der Waals surface area contributed by atoms with E-state index in [9.17, 15) is 9.18 Å². The summed E-state index contributed by atoms with van der Waals surface area (Å²) in [5.41, 5.74) is 3.61. The summed E-state index contributed by atoms with van der Waals surface area (Å²) in [6.07, 6.45) is 2.14. The van der Waals surface area contributed by atoms with Gasteiger partial charge >= 0.3 is 0 Å². The Hall–Kier alpha value is -2.61. The largest absolute Gasteiger partial charge is 0.470 e. The molecule has 1 saturated heterocycles. The van der Waals surface area contributed by atoms with Gasteiger partial charge in [-0.25, -0.2) is 9.97 Å². The maximum Gasteiger partial charge on any atom is 0.254 e. The molecule has 0 N–H and O–H groups in total. The molecular weight excluding hydrogens is 355 g/mol. The molecule has 1 atom stereocenters. The minimum Gasteiger partial charge on any atom is -0.470 e. The molecule has 4 rings (SSSR count). The van der Waals surface area contributed by atoms with E-state index in [1.165, 1.54) is 17.7 Å². The van der Waals surface area contributed by atoms with Crippen molar-refractivity contribution >= 4 is 27.5 Å². The highest BCUT2D eigenvalue weighted by molar-refractivity contribution is 7.16. The van der Waals surface area contributed by atoms with Gasteiger partial charge in [0, 0.05) is 18.5 Å². The molecule has 1 amide bonds. The molecule has 6 nitrogen and oxygen atoms in total. The number of nitrogens with zero attached hydrogens (tertiary/aromatic N) is 4. The van der Waals surface area contributed by atoms with Crippen LogP contribution < -0.4 is 4.74 Å². The molecule has 1 aliphatic rings. The van der Waals surface area contributed by atoms with Crippen LogP contribution in [0.15, 0.2) is 30.0 Å². The van der Waals surface area contributed by atoms with Crippen molar-refractivity contribution in [2.45, 2.75) is 25.9 Å². The van der Waals surface area contributed by atoms with Crippen molar-refractivity contribution in [2.75, 3.05) is 13.1 Å². The lowest BCUT2D eigenvalue weighted by Crippen LogP contribution is -2.31. The predicted molar refractivity (Wildman–Crippen MR) is 95.9 cm³/mol. The summed E-state index contributed by atoms with van der Waals surface area (Å²) in [6, 6.07) is 5.50. The second-order valence-electron chi connectivity index (χ2n) is 6.11. The normalized spacial score (nSPS) is 17.0. The van der Waals surface area contributed by atoms with Crippen LogP contribution in [0.5, 0.6) is 5.88 Å². The Morgan fingerprint density at radius 1 is 1.38 bits per heavy atom. The molecule has 134 valence electrons. The van der Waals surface area contributed by atoms with Crippen LogP contribution in [-0.4, -0.2) is 45.0 Å². The van der Waals surface area contributed by atoms with Crippen molar-refractivity contribution in [3.8, 4) is 5.88 Å². The molecule has 0 saturated carbocycles. The Bertz CT molecular complexity index is 961.